The van der Waals surface area contributed by atoms with Crippen molar-refractivity contribution in [3.63, 3.8) is 0 Å². The Morgan fingerprint density at radius 3 is 2.16 bits per heavy atom. The Kier molecular flexibility index (Phi) is 5.93. The first-order valence-corrected chi connectivity index (χ1v) is 10.6. The lowest BCUT2D eigenvalue weighted by Gasteiger charge is -2.14. The van der Waals surface area contributed by atoms with Crippen molar-refractivity contribution < 1.29 is 24.2 Å². The summed E-state index contributed by atoms with van der Waals surface area (Å²) in [5.41, 5.74) is 3.65. The maximum absolute atomic E-state index is 12.1. The van der Waals surface area contributed by atoms with Gasteiger partial charge >= 0.3 is 12.1 Å². The van der Waals surface area contributed by atoms with E-state index in [1.165, 1.54) is 11.1 Å². The number of aliphatic carboxylic acids is 1. The van der Waals surface area contributed by atoms with Crippen molar-refractivity contribution in [1.82, 2.24) is 10.6 Å². The second kappa shape index (κ2) is 8.79. The lowest BCUT2D eigenvalue weighted by atomic mass is 9.98. The van der Waals surface area contributed by atoms with Crippen molar-refractivity contribution in [3.05, 3.63) is 59.7 Å². The van der Waals surface area contributed by atoms with E-state index < -0.39 is 17.6 Å². The number of hydrogen-bond acceptors (Lipinski definition) is 4. The summed E-state index contributed by atoms with van der Waals surface area (Å²) >= 11 is 0. The standard InChI is InChI=1S/C24H26N2O5/c27-21(26-24(12-13-24)22(28)29)11-5-6-14-25-23(30)31-15-20-18-9-3-1-7-16(18)17-8-2-4-10-19(17)20/h1-4,7-10,20H,5-6,11-15H2,(H,25,30)(H,26,27)(H,28,29). The Hall–Kier alpha value is -3.35. The molecule has 0 heterocycles. The van der Waals surface area contributed by atoms with Gasteiger partial charge in [0.25, 0.3) is 0 Å². The first-order valence-electron chi connectivity index (χ1n) is 10.6. The first-order chi connectivity index (χ1) is 15.0. The summed E-state index contributed by atoms with van der Waals surface area (Å²) in [6, 6.07) is 16.3. The number of amides is 2. The number of rotatable bonds is 9. The van der Waals surface area contributed by atoms with Crippen LogP contribution in [-0.4, -0.2) is 41.8 Å². The average molecular weight is 422 g/mol. The molecular weight excluding hydrogens is 396 g/mol. The molecule has 0 saturated heterocycles. The minimum Gasteiger partial charge on any atom is -0.480 e. The number of ether oxygens (including phenoxy) is 1. The van der Waals surface area contributed by atoms with Gasteiger partial charge in [-0.3, -0.25) is 4.79 Å². The molecule has 2 aliphatic carbocycles. The summed E-state index contributed by atoms with van der Waals surface area (Å²) in [6.45, 7) is 0.660. The molecule has 1 fully saturated rings. The van der Waals surface area contributed by atoms with E-state index in [2.05, 4.69) is 34.9 Å². The quantitative estimate of drug-likeness (QED) is 0.537. The summed E-state index contributed by atoms with van der Waals surface area (Å²) < 4.78 is 5.47. The second-order valence-electron chi connectivity index (χ2n) is 8.14. The summed E-state index contributed by atoms with van der Waals surface area (Å²) in [5.74, 6) is -1.22. The maximum atomic E-state index is 12.1. The molecule has 2 aromatic carbocycles. The Balaban J connectivity index is 1.18. The summed E-state index contributed by atoms with van der Waals surface area (Å²) in [5, 5.41) is 14.4. The van der Waals surface area contributed by atoms with Crippen LogP contribution in [0.2, 0.25) is 0 Å². The number of carbonyl (C=O) groups is 3. The number of carbonyl (C=O) groups excluding carboxylic acids is 2. The second-order valence-corrected chi connectivity index (χ2v) is 8.14. The minimum absolute atomic E-state index is 0.0193. The Morgan fingerprint density at radius 2 is 1.58 bits per heavy atom. The number of alkyl carbamates (subject to hydrolysis) is 1. The molecule has 0 atom stereocenters. The van der Waals surface area contributed by atoms with E-state index in [1.54, 1.807) is 0 Å². The predicted octanol–water partition coefficient (Wildman–Crippen LogP) is 3.43. The molecular formula is C24H26N2O5. The molecule has 0 radical (unpaired) electrons. The highest BCUT2D eigenvalue weighted by molar-refractivity contribution is 5.89. The lowest BCUT2D eigenvalue weighted by molar-refractivity contribution is -0.143. The van der Waals surface area contributed by atoms with Gasteiger partial charge in [-0.15, -0.1) is 0 Å². The SMILES string of the molecule is O=C(CCCCNC(=O)OCC1c2ccccc2-c2ccccc21)NC1(C(=O)O)CC1. The van der Waals surface area contributed by atoms with E-state index in [0.29, 0.717) is 32.2 Å². The lowest BCUT2D eigenvalue weighted by Crippen LogP contribution is -2.43. The number of carboxylic acid groups (broad SMARTS) is 1. The molecule has 0 unspecified atom stereocenters. The highest BCUT2D eigenvalue weighted by Crippen LogP contribution is 2.44. The van der Waals surface area contributed by atoms with E-state index in [4.69, 9.17) is 9.84 Å². The van der Waals surface area contributed by atoms with Gasteiger partial charge in [0.05, 0.1) is 0 Å². The number of fused-ring (bicyclic) bond motifs is 3. The van der Waals surface area contributed by atoms with Gasteiger partial charge in [-0.2, -0.15) is 0 Å². The number of nitrogens with one attached hydrogen (secondary N) is 2. The molecule has 2 aromatic rings. The van der Waals surface area contributed by atoms with Gasteiger partial charge in [0.2, 0.25) is 5.91 Å². The fourth-order valence-electron chi connectivity index (χ4n) is 4.10. The largest absolute Gasteiger partial charge is 0.480 e. The fourth-order valence-corrected chi connectivity index (χ4v) is 4.10. The van der Waals surface area contributed by atoms with Crippen LogP contribution in [0.15, 0.2) is 48.5 Å². The molecule has 162 valence electrons. The average Bonchev–Trinajstić information content (AvgIpc) is 3.48. The Labute approximate surface area is 180 Å². The van der Waals surface area contributed by atoms with E-state index in [9.17, 15) is 14.4 Å². The maximum Gasteiger partial charge on any atom is 0.407 e. The predicted molar refractivity (Wildman–Crippen MR) is 115 cm³/mol. The molecule has 3 N–H and O–H groups in total. The van der Waals surface area contributed by atoms with Crippen molar-refractivity contribution in [3.8, 4) is 11.1 Å². The van der Waals surface area contributed by atoms with Gasteiger partial charge in [-0.25, -0.2) is 9.59 Å². The third-order valence-electron chi connectivity index (χ3n) is 5.98. The number of carboxylic acids is 1. The molecule has 0 aliphatic heterocycles. The van der Waals surface area contributed by atoms with Crippen LogP contribution in [0.25, 0.3) is 11.1 Å². The van der Waals surface area contributed by atoms with Crippen LogP contribution < -0.4 is 10.6 Å². The smallest absolute Gasteiger partial charge is 0.407 e. The molecule has 1 saturated carbocycles. The molecule has 7 nitrogen and oxygen atoms in total. The normalized spacial score (nSPS) is 15.5. The zero-order valence-corrected chi connectivity index (χ0v) is 17.2. The van der Waals surface area contributed by atoms with Crippen molar-refractivity contribution in [2.24, 2.45) is 0 Å². The summed E-state index contributed by atoms with van der Waals surface area (Å²) in [4.78, 5) is 35.1. The Morgan fingerprint density at radius 1 is 0.968 bits per heavy atom. The molecule has 31 heavy (non-hydrogen) atoms. The molecule has 0 aromatic heterocycles. The van der Waals surface area contributed by atoms with E-state index in [-0.39, 0.29) is 24.9 Å². The number of benzene rings is 2. The topological polar surface area (TPSA) is 105 Å². The third-order valence-corrected chi connectivity index (χ3v) is 5.98. The van der Waals surface area contributed by atoms with Crippen LogP contribution >= 0.6 is 0 Å². The number of hydrogen-bond donors (Lipinski definition) is 3. The monoisotopic (exact) mass is 422 g/mol. The third kappa shape index (κ3) is 4.55. The first kappa shape index (κ1) is 20.9. The summed E-state index contributed by atoms with van der Waals surface area (Å²) in [6.07, 6.45) is 1.90. The molecule has 4 rings (SSSR count). The van der Waals surface area contributed by atoms with Crippen LogP contribution in [0.1, 0.15) is 49.1 Å². The molecule has 0 bridgehead atoms. The molecule has 7 heteroatoms. The van der Waals surface area contributed by atoms with Crippen LogP contribution in [0, 0.1) is 0 Å². The molecule has 2 amide bonds. The van der Waals surface area contributed by atoms with Crippen LogP contribution in [-0.2, 0) is 14.3 Å². The van der Waals surface area contributed by atoms with Crippen molar-refractivity contribution in [2.75, 3.05) is 13.2 Å². The van der Waals surface area contributed by atoms with Crippen LogP contribution in [0.3, 0.4) is 0 Å². The van der Waals surface area contributed by atoms with E-state index in [1.807, 2.05) is 24.3 Å². The van der Waals surface area contributed by atoms with Crippen molar-refractivity contribution in [2.45, 2.75) is 43.6 Å². The van der Waals surface area contributed by atoms with Gasteiger partial charge in [-0.05, 0) is 47.9 Å². The van der Waals surface area contributed by atoms with E-state index >= 15 is 0 Å². The zero-order chi connectivity index (χ0) is 21.8. The van der Waals surface area contributed by atoms with Gasteiger partial charge in [0.1, 0.15) is 12.1 Å². The number of unbranched alkanes of at least 4 members (excludes halogenated alkanes) is 1. The van der Waals surface area contributed by atoms with Crippen LogP contribution in [0.4, 0.5) is 4.79 Å². The van der Waals surface area contributed by atoms with Crippen molar-refractivity contribution >= 4 is 18.0 Å². The molecule has 2 aliphatic rings. The Bertz CT molecular complexity index is 953. The highest BCUT2D eigenvalue weighted by atomic mass is 16.5. The van der Waals surface area contributed by atoms with Gasteiger partial charge in [0, 0.05) is 18.9 Å². The van der Waals surface area contributed by atoms with Gasteiger partial charge in [0.15, 0.2) is 0 Å². The minimum atomic E-state index is -1.05. The highest BCUT2D eigenvalue weighted by Gasteiger charge is 2.51. The summed E-state index contributed by atoms with van der Waals surface area (Å²) in [7, 11) is 0. The van der Waals surface area contributed by atoms with Gasteiger partial charge < -0.3 is 20.5 Å². The van der Waals surface area contributed by atoms with Gasteiger partial charge in [-0.1, -0.05) is 48.5 Å². The van der Waals surface area contributed by atoms with Crippen LogP contribution in [0.5, 0.6) is 0 Å². The zero-order valence-electron chi connectivity index (χ0n) is 17.2. The van der Waals surface area contributed by atoms with Crippen molar-refractivity contribution in [1.29, 1.82) is 0 Å². The fraction of sp³-hybridized carbons (Fsp3) is 0.375. The molecule has 0 spiro atoms. The van der Waals surface area contributed by atoms with E-state index in [0.717, 1.165) is 11.1 Å².